The second-order valence-electron chi connectivity index (χ2n) is 15.0. The predicted octanol–water partition coefficient (Wildman–Crippen LogP) is 13.1. The van der Waals surface area contributed by atoms with Gasteiger partial charge in [-0.3, -0.25) is 10.9 Å². The first kappa shape index (κ1) is 44.8. The lowest BCUT2D eigenvalue weighted by atomic mass is 10.1. The van der Waals surface area contributed by atoms with Gasteiger partial charge >= 0.3 is 5.97 Å². The fraction of sp³-hybridized carbons (Fsp3) is 0.173. The van der Waals surface area contributed by atoms with E-state index in [0.717, 1.165) is 87.2 Å². The smallest absolute Gasteiger partial charge is 0.343 e. The molecule has 0 spiro atoms. The van der Waals surface area contributed by atoms with E-state index in [1.807, 2.05) is 91.0 Å². The molecule has 0 unspecified atom stereocenters. The summed E-state index contributed by atoms with van der Waals surface area (Å²) in [4.78, 5) is 22.7. The number of esters is 1. The third kappa shape index (κ3) is 13.1. The van der Waals surface area contributed by atoms with E-state index in [2.05, 4.69) is 74.0 Å². The summed E-state index contributed by atoms with van der Waals surface area (Å²) in [5, 5.41) is 10.4. The number of nitrogens with one attached hydrogen (secondary N) is 2. The zero-order valence-electron chi connectivity index (χ0n) is 35.6. The van der Waals surface area contributed by atoms with Crippen LogP contribution < -0.4 is 25.1 Å². The maximum Gasteiger partial charge on any atom is 0.343 e. The third-order valence-electron chi connectivity index (χ3n) is 10.2. The Morgan fingerprint density at radius 3 is 1.80 bits per heavy atom. The van der Waals surface area contributed by atoms with E-state index in [9.17, 15) is 4.79 Å². The number of fused-ring (bicyclic) bond motifs is 2. The number of nitrogens with zero attached hydrogens (tertiary/aromatic N) is 4. The molecular formula is C52H48N6O4S3. The van der Waals surface area contributed by atoms with E-state index in [1.165, 1.54) is 16.9 Å². The summed E-state index contributed by atoms with van der Waals surface area (Å²) in [6.45, 7) is 1.19. The first-order chi connectivity index (χ1) is 32.1. The van der Waals surface area contributed by atoms with Crippen molar-refractivity contribution in [1.82, 2.24) is 9.97 Å². The van der Waals surface area contributed by atoms with Crippen molar-refractivity contribution in [3.8, 4) is 17.2 Å². The Morgan fingerprint density at radius 2 is 1.17 bits per heavy atom. The average molecular weight is 917 g/mol. The molecule has 328 valence electrons. The lowest BCUT2D eigenvalue weighted by Crippen LogP contribution is -2.10. The van der Waals surface area contributed by atoms with Crippen LogP contribution in [0, 0.1) is 0 Å². The largest absolute Gasteiger partial charge is 0.494 e. The average Bonchev–Trinajstić information content (AvgIpc) is 3.96. The molecule has 6 aromatic carbocycles. The molecule has 8 aromatic rings. The number of aromatic nitrogens is 2. The summed E-state index contributed by atoms with van der Waals surface area (Å²) < 4.78 is 20.2. The molecule has 0 aliphatic carbocycles. The second kappa shape index (κ2) is 23.2. The van der Waals surface area contributed by atoms with Crippen molar-refractivity contribution in [2.24, 2.45) is 10.2 Å². The van der Waals surface area contributed by atoms with E-state index < -0.39 is 5.97 Å². The molecule has 2 N–H and O–H groups in total. The molecule has 0 saturated heterocycles. The van der Waals surface area contributed by atoms with Gasteiger partial charge in [-0.2, -0.15) is 22.8 Å². The van der Waals surface area contributed by atoms with Crippen LogP contribution in [-0.2, 0) is 6.42 Å². The first-order valence-electron chi connectivity index (χ1n) is 21.5. The Morgan fingerprint density at radius 1 is 0.600 bits per heavy atom. The highest BCUT2D eigenvalue weighted by Crippen LogP contribution is 2.28. The number of thiol groups is 1. The summed E-state index contributed by atoms with van der Waals surface area (Å²) in [6, 6.07) is 45.1. The Bertz CT molecular complexity index is 2830. The fourth-order valence-corrected chi connectivity index (χ4v) is 8.65. The van der Waals surface area contributed by atoms with Gasteiger partial charge in [0.1, 0.15) is 17.2 Å². The molecule has 2 aromatic heterocycles. The number of hydrazone groups is 2. The number of para-hydroxylation sites is 2. The Balaban J connectivity index is 0.985. The molecule has 0 fully saturated rings. The van der Waals surface area contributed by atoms with Gasteiger partial charge in [0, 0.05) is 11.1 Å². The number of hydrogen-bond donors (Lipinski definition) is 3. The lowest BCUT2D eigenvalue weighted by molar-refractivity contribution is 0.0734. The molecule has 0 saturated carbocycles. The SMILES string of the molecule is O=C(Oc1ccc(/C=C/c2ccc(OCCCCCc3ccccc3)c(/C=N/Nc3nc4ccccc4s3)c2)cc1/C=N/Nc1nc2ccccc2s1)c1ccc(OCCCCS)cc1. The summed E-state index contributed by atoms with van der Waals surface area (Å²) in [6.07, 6.45) is 13.5. The number of anilines is 2. The van der Waals surface area contributed by atoms with Gasteiger partial charge in [-0.25, -0.2) is 14.8 Å². The van der Waals surface area contributed by atoms with Gasteiger partial charge in [0.15, 0.2) is 0 Å². The quantitative estimate of drug-likeness (QED) is 0.0117. The van der Waals surface area contributed by atoms with Crippen LogP contribution in [0.1, 0.15) is 70.3 Å². The minimum Gasteiger partial charge on any atom is -0.494 e. The number of benzene rings is 6. The molecule has 0 atom stereocenters. The molecule has 0 aliphatic rings. The van der Waals surface area contributed by atoms with Crippen LogP contribution in [-0.4, -0.2) is 47.3 Å². The Kier molecular flexibility index (Phi) is 16.0. The number of thiazole rings is 2. The Hall–Kier alpha value is -6.80. The fourth-order valence-electron chi connectivity index (χ4n) is 6.80. The summed E-state index contributed by atoms with van der Waals surface area (Å²) in [5.74, 6) is 2.12. The number of hydrogen-bond acceptors (Lipinski definition) is 13. The number of ether oxygens (including phenoxy) is 3. The van der Waals surface area contributed by atoms with Crippen LogP contribution in [0.15, 0.2) is 150 Å². The maximum absolute atomic E-state index is 13.4. The maximum atomic E-state index is 13.4. The van der Waals surface area contributed by atoms with Crippen LogP contribution in [0.5, 0.6) is 17.2 Å². The number of carbonyl (C=O) groups excluding carboxylic acids is 1. The van der Waals surface area contributed by atoms with Gasteiger partial charge in [-0.05, 0) is 134 Å². The topological polar surface area (TPSA) is 119 Å². The van der Waals surface area contributed by atoms with Crippen molar-refractivity contribution >= 4 is 96.5 Å². The van der Waals surface area contributed by atoms with Crippen molar-refractivity contribution in [3.63, 3.8) is 0 Å². The Labute approximate surface area is 392 Å². The van der Waals surface area contributed by atoms with Crippen LogP contribution in [0.25, 0.3) is 32.6 Å². The van der Waals surface area contributed by atoms with Gasteiger partial charge in [0.2, 0.25) is 10.3 Å². The normalized spacial score (nSPS) is 11.6. The molecule has 2 heterocycles. The molecule has 0 bridgehead atoms. The minimum atomic E-state index is -0.495. The number of aryl methyl sites for hydroxylation is 1. The molecule has 10 nitrogen and oxygen atoms in total. The summed E-state index contributed by atoms with van der Waals surface area (Å²) >= 11 is 7.31. The molecule has 0 radical (unpaired) electrons. The second-order valence-corrected chi connectivity index (χ2v) is 17.5. The van der Waals surface area contributed by atoms with E-state index in [-0.39, 0.29) is 0 Å². The number of carbonyl (C=O) groups is 1. The van der Waals surface area contributed by atoms with Crippen LogP contribution in [0.2, 0.25) is 0 Å². The zero-order valence-corrected chi connectivity index (χ0v) is 38.2. The molecular weight excluding hydrogens is 869 g/mol. The van der Waals surface area contributed by atoms with Crippen molar-refractivity contribution in [1.29, 1.82) is 0 Å². The van der Waals surface area contributed by atoms with Gasteiger partial charge in [0.05, 0.1) is 51.6 Å². The van der Waals surface area contributed by atoms with Gasteiger partial charge in [0.25, 0.3) is 0 Å². The van der Waals surface area contributed by atoms with Crippen LogP contribution >= 0.6 is 35.3 Å². The zero-order chi connectivity index (χ0) is 44.5. The van der Waals surface area contributed by atoms with Crippen LogP contribution in [0.4, 0.5) is 10.3 Å². The number of unbranched alkanes of at least 4 members (excludes halogenated alkanes) is 3. The first-order valence-corrected chi connectivity index (χ1v) is 23.8. The highest BCUT2D eigenvalue weighted by Gasteiger charge is 2.13. The van der Waals surface area contributed by atoms with Crippen molar-refractivity contribution in [2.75, 3.05) is 29.8 Å². The van der Waals surface area contributed by atoms with Gasteiger partial charge in [-0.1, -0.05) is 102 Å². The predicted molar refractivity (Wildman–Crippen MR) is 273 cm³/mol. The summed E-state index contributed by atoms with van der Waals surface area (Å²) in [7, 11) is 0. The molecule has 0 amide bonds. The standard InChI is InChI=1S/C52H48N6O4S3/c59-50(40-24-26-43(27-25-40)60-30-11-12-32-63)62-47-29-23-39(34-42(47)36-54-58-52-56-45-17-7-9-19-49(45)65-52)21-20-38-22-28-46(61-31-10-2-5-15-37-13-3-1-4-14-37)41(33-38)35-53-57-51-55-44-16-6-8-18-48(44)64-51/h1,3-4,6-9,13-14,16-29,33-36,63H,2,5,10-12,15,30-32H2,(H,55,57)(H,56,58)/b21-20+,53-35+,54-36+. The van der Waals surface area contributed by atoms with Crippen molar-refractivity contribution in [3.05, 3.63) is 173 Å². The molecule has 13 heteroatoms. The summed E-state index contributed by atoms with van der Waals surface area (Å²) in [5.41, 5.74) is 13.0. The highest BCUT2D eigenvalue weighted by molar-refractivity contribution is 7.80. The van der Waals surface area contributed by atoms with Crippen molar-refractivity contribution < 1.29 is 19.0 Å². The van der Waals surface area contributed by atoms with E-state index >= 15 is 0 Å². The minimum absolute atomic E-state index is 0.356. The third-order valence-corrected chi connectivity index (χ3v) is 12.4. The highest BCUT2D eigenvalue weighted by atomic mass is 32.1. The molecule has 0 aliphatic heterocycles. The van der Waals surface area contributed by atoms with E-state index in [1.54, 1.807) is 54.1 Å². The molecule has 65 heavy (non-hydrogen) atoms. The van der Waals surface area contributed by atoms with Gasteiger partial charge < -0.3 is 14.2 Å². The van der Waals surface area contributed by atoms with Crippen LogP contribution in [0.3, 0.4) is 0 Å². The van der Waals surface area contributed by atoms with E-state index in [0.29, 0.717) is 46.1 Å². The monoisotopic (exact) mass is 916 g/mol. The lowest BCUT2D eigenvalue weighted by Gasteiger charge is -2.11. The van der Waals surface area contributed by atoms with Crippen molar-refractivity contribution in [2.45, 2.75) is 38.5 Å². The number of rotatable bonds is 22. The van der Waals surface area contributed by atoms with E-state index in [4.69, 9.17) is 14.2 Å². The molecule has 8 rings (SSSR count). The van der Waals surface area contributed by atoms with Gasteiger partial charge in [-0.15, -0.1) is 0 Å².